The average molecular weight is 1110 g/mol. The summed E-state index contributed by atoms with van der Waals surface area (Å²) in [7, 11) is 0. The van der Waals surface area contributed by atoms with Crippen molar-refractivity contribution in [3.8, 4) is 22.3 Å². The lowest BCUT2D eigenvalue weighted by atomic mass is 9.80. The zero-order valence-corrected chi connectivity index (χ0v) is 53.1. The number of anilines is 7. The normalized spacial score (nSPS) is 12.4. The predicted molar refractivity (Wildman–Crippen MR) is 357 cm³/mol. The second-order valence-electron chi connectivity index (χ2n) is 26.4. The first-order valence-electron chi connectivity index (χ1n) is 30.9. The van der Waals surface area contributed by atoms with Gasteiger partial charge in [0.1, 0.15) is 16.7 Å². The van der Waals surface area contributed by atoms with Gasteiger partial charge in [0, 0.05) is 57.7 Å². The van der Waals surface area contributed by atoms with Crippen LogP contribution in [0.2, 0.25) is 0 Å². The molecule has 0 fully saturated rings. The fourth-order valence-electron chi connectivity index (χ4n) is 12.0. The molecular weight excluding hydrogens is 1020 g/mol. The molecule has 0 aliphatic carbocycles. The molecule has 0 bridgehead atoms. The van der Waals surface area contributed by atoms with E-state index in [1.165, 1.54) is 73.6 Å². The van der Waals surface area contributed by atoms with E-state index in [9.17, 15) is 0 Å². The third-order valence-electron chi connectivity index (χ3n) is 17.6. The summed E-state index contributed by atoms with van der Waals surface area (Å²) in [6, 6.07) is 54.2. The zero-order chi connectivity index (χ0) is 59.0. The van der Waals surface area contributed by atoms with Gasteiger partial charge < -0.3 is 15.5 Å². The second-order valence-corrected chi connectivity index (χ2v) is 26.5. The Morgan fingerprint density at radius 3 is 0.939 bits per heavy atom. The highest BCUT2D eigenvalue weighted by Gasteiger charge is 2.28. The molecule has 1 aromatic heterocycles. The van der Waals surface area contributed by atoms with Crippen LogP contribution in [0.15, 0.2) is 150 Å². The van der Waals surface area contributed by atoms with E-state index in [4.69, 9.17) is 28.4 Å². The number of nitrogens with two attached hydrogens (primary N) is 1. The smallest absolute Gasteiger partial charge is 0.124 e. The van der Waals surface area contributed by atoms with Crippen LogP contribution < -0.4 is 15.5 Å². The highest BCUT2D eigenvalue weighted by atomic mass is 32.1. The molecule has 0 spiro atoms. The molecule has 1 heterocycles. The molecule has 432 valence electrons. The van der Waals surface area contributed by atoms with E-state index in [0.29, 0.717) is 23.8 Å². The maximum atomic E-state index is 7.39. The lowest BCUT2D eigenvalue weighted by molar-refractivity contribution is 0.442. The first kappa shape index (κ1) is 61.4. The molecule has 0 aliphatic rings. The molecule has 8 rings (SSSR count). The Labute approximate surface area is 499 Å². The van der Waals surface area contributed by atoms with Crippen molar-refractivity contribution in [3.63, 3.8) is 0 Å². The van der Waals surface area contributed by atoms with E-state index in [1.54, 1.807) is 0 Å². The number of hydrogen-bond acceptors (Lipinski definition) is 7. The molecule has 0 saturated heterocycles. The first-order valence-corrected chi connectivity index (χ1v) is 31.3. The van der Waals surface area contributed by atoms with E-state index >= 15 is 0 Å². The summed E-state index contributed by atoms with van der Waals surface area (Å²) >= 11 is 5.70. The number of unbranched alkanes of at least 4 members (excludes halogenated alkanes) is 4. The third kappa shape index (κ3) is 13.7. The predicted octanol–water partition coefficient (Wildman–Crippen LogP) is 22.2. The Morgan fingerprint density at radius 1 is 0.427 bits per heavy atom. The van der Waals surface area contributed by atoms with Crippen molar-refractivity contribution in [2.45, 2.75) is 202 Å². The number of hydrogen-bond donors (Lipinski definition) is 1. The molecule has 0 saturated carbocycles. The maximum Gasteiger partial charge on any atom is 0.124 e. The topological polar surface area (TPSA) is 75.6 Å². The fraction of sp³-hybridized carbons (Fsp3) is 0.432. The third-order valence-corrected chi connectivity index (χ3v) is 17.8. The number of nitrogens with zero attached hydrogens (tertiary/aromatic N) is 6. The first-order chi connectivity index (χ1) is 39.2. The van der Waals surface area contributed by atoms with Gasteiger partial charge in [-0.2, -0.15) is 19.4 Å². The molecule has 0 unspecified atom stereocenters. The van der Waals surface area contributed by atoms with Crippen LogP contribution in [0.1, 0.15) is 196 Å². The number of fused-ring (bicyclic) bond motifs is 1. The molecule has 2 N–H and O–H groups in total. The Kier molecular flexibility index (Phi) is 19.7. The minimum atomic E-state index is 0.0849. The van der Waals surface area contributed by atoms with Gasteiger partial charge in [-0.15, -0.1) is 0 Å². The van der Waals surface area contributed by atoms with E-state index in [-0.39, 0.29) is 21.7 Å². The largest absolute Gasteiger partial charge is 0.396 e. The molecular formula is C74H95N7S. The molecule has 8 aromatic rings. The zero-order valence-electron chi connectivity index (χ0n) is 52.3. The van der Waals surface area contributed by atoms with Crippen LogP contribution in [0.25, 0.3) is 33.3 Å². The van der Waals surface area contributed by atoms with Gasteiger partial charge in [0.15, 0.2) is 0 Å². The van der Waals surface area contributed by atoms with E-state index in [0.717, 1.165) is 93.1 Å². The Balaban J connectivity index is 1.21. The summed E-state index contributed by atoms with van der Waals surface area (Å²) < 4.78 is 4.57. The molecule has 7 nitrogen and oxygen atoms in total. The van der Waals surface area contributed by atoms with Crippen molar-refractivity contribution in [1.29, 1.82) is 0 Å². The SMILES string of the molecule is CCCCC(C)(C)c1ccc(N(c2ccc(-c3c(N)c(N=S)c(-c4ccc(N(c5ccc(C(C)(C)CCCC)cc5)c5ccc(C(C)(C)CCCC)cc5)cc4)c4nn(CC(C)C)nc34)cc2)c2ccc(C(C)(C)CCCC)cc2)cc1. The summed E-state index contributed by atoms with van der Waals surface area (Å²) in [6.07, 6.45) is 14.2. The quantitative estimate of drug-likeness (QED) is 0.0517. The van der Waals surface area contributed by atoms with Crippen molar-refractivity contribution >= 4 is 69.0 Å². The molecule has 7 aromatic carbocycles. The minimum Gasteiger partial charge on any atom is -0.396 e. The summed E-state index contributed by atoms with van der Waals surface area (Å²) in [6.45, 7) is 33.0. The highest BCUT2D eigenvalue weighted by Crippen LogP contribution is 2.49. The van der Waals surface area contributed by atoms with Crippen LogP contribution in [-0.4, -0.2) is 15.0 Å². The van der Waals surface area contributed by atoms with Crippen molar-refractivity contribution < 1.29 is 0 Å². The van der Waals surface area contributed by atoms with E-state index in [2.05, 4.69) is 257 Å². The minimum absolute atomic E-state index is 0.0849. The molecule has 82 heavy (non-hydrogen) atoms. The van der Waals surface area contributed by atoms with Gasteiger partial charge in [-0.1, -0.05) is 221 Å². The van der Waals surface area contributed by atoms with Gasteiger partial charge in [-0.05, 0) is 159 Å². The number of benzene rings is 7. The number of nitrogen functional groups attached to an aromatic ring is 1. The number of rotatable bonds is 27. The van der Waals surface area contributed by atoms with Crippen molar-refractivity contribution in [3.05, 3.63) is 168 Å². The lowest BCUT2D eigenvalue weighted by Gasteiger charge is -2.30. The summed E-state index contributed by atoms with van der Waals surface area (Å²) in [5, 5.41) is 10.5. The maximum absolute atomic E-state index is 7.39. The second kappa shape index (κ2) is 26.3. The molecule has 0 amide bonds. The lowest BCUT2D eigenvalue weighted by Crippen LogP contribution is -2.18. The van der Waals surface area contributed by atoms with Gasteiger partial charge in [0.2, 0.25) is 0 Å². The van der Waals surface area contributed by atoms with Crippen LogP contribution >= 0.6 is 0 Å². The summed E-state index contributed by atoms with van der Waals surface area (Å²) in [4.78, 5) is 6.54. The average Bonchev–Trinajstić information content (AvgIpc) is 4.08. The van der Waals surface area contributed by atoms with E-state index in [1.807, 2.05) is 4.80 Å². The molecule has 0 atom stereocenters. The Hall–Kier alpha value is -6.64. The van der Waals surface area contributed by atoms with Crippen LogP contribution in [-0.2, 0) is 40.6 Å². The Morgan fingerprint density at radius 2 is 0.683 bits per heavy atom. The van der Waals surface area contributed by atoms with Crippen LogP contribution in [0.5, 0.6) is 0 Å². The van der Waals surface area contributed by atoms with Crippen molar-refractivity contribution in [2.24, 2.45) is 10.3 Å². The van der Waals surface area contributed by atoms with Gasteiger partial charge in [-0.3, -0.25) is 0 Å². The van der Waals surface area contributed by atoms with Gasteiger partial charge in [-0.25, -0.2) is 0 Å². The monoisotopic (exact) mass is 1110 g/mol. The number of aromatic nitrogens is 3. The molecule has 0 aliphatic heterocycles. The van der Waals surface area contributed by atoms with Gasteiger partial charge in [0.25, 0.3) is 0 Å². The van der Waals surface area contributed by atoms with Gasteiger partial charge >= 0.3 is 0 Å². The van der Waals surface area contributed by atoms with E-state index < -0.39 is 0 Å². The van der Waals surface area contributed by atoms with Crippen molar-refractivity contribution in [2.75, 3.05) is 15.5 Å². The van der Waals surface area contributed by atoms with Crippen LogP contribution in [0.4, 0.5) is 45.5 Å². The Bertz CT molecular complexity index is 3220. The highest BCUT2D eigenvalue weighted by molar-refractivity contribution is 7.47. The van der Waals surface area contributed by atoms with Crippen LogP contribution in [0, 0.1) is 5.92 Å². The molecule has 8 heteroatoms. The van der Waals surface area contributed by atoms with Gasteiger partial charge in [0.05, 0.1) is 12.2 Å². The van der Waals surface area contributed by atoms with Crippen molar-refractivity contribution in [1.82, 2.24) is 15.0 Å². The van der Waals surface area contributed by atoms with Crippen LogP contribution in [0.3, 0.4) is 0 Å². The molecule has 0 radical (unpaired) electrons. The fourth-order valence-corrected chi connectivity index (χ4v) is 12.2. The standard InChI is InChI=1S/C74H95N7S/c1-15-19-47-71(7,8)55-27-39-61(40-28-55)80(62-41-29-56(30-42-62)72(9,10)48-20-16-2)59-35-23-53(24-36-59)65-67(75)68(78-82)66(70-69(65)76-79(77-70)51-52(5)6)54-25-37-60(38-26-54)81(63-43-31-57(32-44-63)73(11,12)49-21-17-3)64-45-33-58(34-46-64)74(13,14)50-22-18-4/h23-46,52H,15-22,47-51,75H2,1-14H3. The summed E-state index contributed by atoms with van der Waals surface area (Å²) in [5.74, 6) is 0.311. The summed E-state index contributed by atoms with van der Waals surface area (Å²) in [5.41, 5.74) is 25.5.